The molecule has 0 aliphatic carbocycles. The van der Waals surface area contributed by atoms with E-state index >= 15 is 0 Å². The lowest BCUT2D eigenvalue weighted by Crippen LogP contribution is -2.00. The molecular weight excluding hydrogens is 364 g/mol. The van der Waals surface area contributed by atoms with E-state index in [4.69, 9.17) is 20.8 Å². The molecule has 4 aromatic rings. The number of carbonyl (C=O) groups excluding carboxylic acids is 1. The lowest BCUT2D eigenvalue weighted by molar-refractivity contribution is 0.0981. The zero-order chi connectivity index (χ0) is 18.8. The van der Waals surface area contributed by atoms with E-state index in [0.29, 0.717) is 29.2 Å². The molecule has 6 heteroatoms. The van der Waals surface area contributed by atoms with Crippen LogP contribution in [0.15, 0.2) is 65.5 Å². The molecule has 0 amide bonds. The predicted octanol–water partition coefficient (Wildman–Crippen LogP) is 5.07. The SMILES string of the molecule is COc1cc(-c2ccc(C(=O)CCc3ccco3)cc2)cn2ncc(Cl)c12. The highest BCUT2D eigenvalue weighted by atomic mass is 35.5. The van der Waals surface area contributed by atoms with Gasteiger partial charge in [-0.2, -0.15) is 5.10 Å². The second-order valence-electron chi connectivity index (χ2n) is 6.16. The maximum Gasteiger partial charge on any atom is 0.163 e. The molecule has 0 aliphatic heterocycles. The number of aryl methyl sites for hydroxylation is 1. The van der Waals surface area contributed by atoms with E-state index in [1.807, 2.05) is 48.7 Å². The van der Waals surface area contributed by atoms with Crippen molar-refractivity contribution in [1.82, 2.24) is 9.61 Å². The van der Waals surface area contributed by atoms with Crippen LogP contribution in [0.25, 0.3) is 16.6 Å². The normalized spacial score (nSPS) is 11.0. The minimum Gasteiger partial charge on any atom is -0.494 e. The van der Waals surface area contributed by atoms with E-state index in [-0.39, 0.29) is 5.78 Å². The molecule has 3 aromatic heterocycles. The Morgan fingerprint density at radius 1 is 1.22 bits per heavy atom. The number of ether oxygens (including phenoxy) is 1. The van der Waals surface area contributed by atoms with Crippen LogP contribution in [-0.4, -0.2) is 22.5 Å². The van der Waals surface area contributed by atoms with Crippen molar-refractivity contribution >= 4 is 22.9 Å². The Morgan fingerprint density at radius 2 is 2.04 bits per heavy atom. The molecule has 0 unspecified atom stereocenters. The third kappa shape index (κ3) is 3.46. The topological polar surface area (TPSA) is 56.7 Å². The Morgan fingerprint density at radius 3 is 2.74 bits per heavy atom. The van der Waals surface area contributed by atoms with Crippen LogP contribution in [-0.2, 0) is 6.42 Å². The van der Waals surface area contributed by atoms with E-state index in [9.17, 15) is 4.79 Å². The maximum atomic E-state index is 12.4. The van der Waals surface area contributed by atoms with Gasteiger partial charge in [0.25, 0.3) is 0 Å². The number of hydrogen-bond acceptors (Lipinski definition) is 4. The molecule has 0 saturated heterocycles. The van der Waals surface area contributed by atoms with Crippen LogP contribution in [0, 0.1) is 0 Å². The number of rotatable bonds is 6. The highest BCUT2D eigenvalue weighted by Crippen LogP contribution is 2.32. The smallest absolute Gasteiger partial charge is 0.163 e. The lowest BCUT2D eigenvalue weighted by atomic mass is 10.0. The Labute approximate surface area is 161 Å². The summed E-state index contributed by atoms with van der Waals surface area (Å²) in [7, 11) is 1.60. The highest BCUT2D eigenvalue weighted by Gasteiger charge is 2.12. The zero-order valence-electron chi connectivity index (χ0n) is 14.7. The van der Waals surface area contributed by atoms with Crippen molar-refractivity contribution in [2.24, 2.45) is 0 Å². The van der Waals surface area contributed by atoms with Crippen LogP contribution < -0.4 is 4.74 Å². The van der Waals surface area contributed by atoms with Crippen molar-refractivity contribution in [3.8, 4) is 16.9 Å². The summed E-state index contributed by atoms with van der Waals surface area (Å²) in [6, 6.07) is 13.1. The highest BCUT2D eigenvalue weighted by molar-refractivity contribution is 6.34. The van der Waals surface area contributed by atoms with Gasteiger partial charge < -0.3 is 9.15 Å². The molecule has 27 heavy (non-hydrogen) atoms. The summed E-state index contributed by atoms with van der Waals surface area (Å²) in [5, 5.41) is 4.79. The van der Waals surface area contributed by atoms with Gasteiger partial charge in [0.15, 0.2) is 5.78 Å². The van der Waals surface area contributed by atoms with E-state index in [2.05, 4.69) is 5.10 Å². The van der Waals surface area contributed by atoms with Crippen molar-refractivity contribution in [2.45, 2.75) is 12.8 Å². The van der Waals surface area contributed by atoms with Crippen molar-refractivity contribution in [3.63, 3.8) is 0 Å². The van der Waals surface area contributed by atoms with Crippen LogP contribution in [0.5, 0.6) is 5.75 Å². The van der Waals surface area contributed by atoms with Crippen LogP contribution >= 0.6 is 11.6 Å². The van der Waals surface area contributed by atoms with Crippen molar-refractivity contribution < 1.29 is 13.9 Å². The molecule has 0 saturated carbocycles. The third-order valence-electron chi connectivity index (χ3n) is 4.47. The maximum absolute atomic E-state index is 12.4. The molecule has 5 nitrogen and oxygen atoms in total. The van der Waals surface area contributed by atoms with Crippen LogP contribution in [0.3, 0.4) is 0 Å². The van der Waals surface area contributed by atoms with Gasteiger partial charge in [-0.15, -0.1) is 0 Å². The van der Waals surface area contributed by atoms with Crippen molar-refractivity contribution in [2.75, 3.05) is 7.11 Å². The molecule has 0 spiro atoms. The van der Waals surface area contributed by atoms with Gasteiger partial charge in [0.1, 0.15) is 17.0 Å². The summed E-state index contributed by atoms with van der Waals surface area (Å²) in [5.41, 5.74) is 3.30. The van der Waals surface area contributed by atoms with Crippen LogP contribution in [0.2, 0.25) is 5.02 Å². The fourth-order valence-corrected chi connectivity index (χ4v) is 3.27. The van der Waals surface area contributed by atoms with Gasteiger partial charge in [0.05, 0.1) is 24.6 Å². The van der Waals surface area contributed by atoms with E-state index in [0.717, 1.165) is 22.4 Å². The minimum atomic E-state index is 0.0878. The molecule has 0 radical (unpaired) electrons. The molecule has 0 fully saturated rings. The molecular formula is C21H17ClN2O3. The first-order valence-corrected chi connectivity index (χ1v) is 8.90. The van der Waals surface area contributed by atoms with Gasteiger partial charge >= 0.3 is 0 Å². The number of aromatic nitrogens is 2. The first-order valence-electron chi connectivity index (χ1n) is 8.52. The number of nitrogens with zero attached hydrogens (tertiary/aromatic N) is 2. The molecule has 0 aliphatic rings. The second-order valence-corrected chi connectivity index (χ2v) is 6.57. The molecule has 0 bridgehead atoms. The number of methoxy groups -OCH3 is 1. The van der Waals surface area contributed by atoms with Gasteiger partial charge in [-0.05, 0) is 23.8 Å². The fraction of sp³-hybridized carbons (Fsp3) is 0.143. The second kappa shape index (κ2) is 7.29. The molecule has 4 rings (SSSR count). The Balaban J connectivity index is 1.56. The number of ketones is 1. The third-order valence-corrected chi connectivity index (χ3v) is 4.75. The van der Waals surface area contributed by atoms with Gasteiger partial charge in [-0.25, -0.2) is 4.52 Å². The molecule has 0 N–H and O–H groups in total. The lowest BCUT2D eigenvalue weighted by Gasteiger charge is -2.09. The molecule has 136 valence electrons. The largest absolute Gasteiger partial charge is 0.494 e. The first kappa shape index (κ1) is 17.4. The molecule has 0 atom stereocenters. The minimum absolute atomic E-state index is 0.0878. The van der Waals surface area contributed by atoms with Crippen LogP contribution in [0.1, 0.15) is 22.5 Å². The van der Waals surface area contributed by atoms with Crippen LogP contribution in [0.4, 0.5) is 0 Å². The average Bonchev–Trinajstić information content (AvgIpc) is 3.35. The van der Waals surface area contributed by atoms with E-state index < -0.39 is 0 Å². The molecule has 3 heterocycles. The van der Waals surface area contributed by atoms with Crippen molar-refractivity contribution in [3.05, 3.63) is 77.5 Å². The first-order chi connectivity index (χ1) is 13.2. The summed E-state index contributed by atoms with van der Waals surface area (Å²) in [4.78, 5) is 12.4. The Kier molecular flexibility index (Phi) is 4.69. The number of carbonyl (C=O) groups is 1. The van der Waals surface area contributed by atoms with Gasteiger partial charge in [-0.1, -0.05) is 35.9 Å². The number of furan rings is 1. The summed E-state index contributed by atoms with van der Waals surface area (Å²) in [6.45, 7) is 0. The number of hydrogen-bond donors (Lipinski definition) is 0. The van der Waals surface area contributed by atoms with E-state index in [1.54, 1.807) is 24.1 Å². The fourth-order valence-electron chi connectivity index (χ4n) is 3.05. The van der Waals surface area contributed by atoms with Gasteiger partial charge in [-0.3, -0.25) is 4.79 Å². The predicted molar refractivity (Wildman–Crippen MR) is 104 cm³/mol. The van der Waals surface area contributed by atoms with E-state index in [1.165, 1.54) is 0 Å². The molecule has 1 aromatic carbocycles. The summed E-state index contributed by atoms with van der Waals surface area (Å²) >= 11 is 6.17. The van der Waals surface area contributed by atoms with Gasteiger partial charge in [0.2, 0.25) is 0 Å². The number of Topliss-reactive ketones (excluding diaryl/α,β-unsaturated/α-hetero) is 1. The van der Waals surface area contributed by atoms with Gasteiger partial charge in [0, 0.05) is 30.2 Å². The number of halogens is 1. The van der Waals surface area contributed by atoms with Crippen molar-refractivity contribution in [1.29, 1.82) is 0 Å². The number of fused-ring (bicyclic) bond motifs is 1. The zero-order valence-corrected chi connectivity index (χ0v) is 15.4. The standard InChI is InChI=1S/C21H17ClN2O3/c1-26-20-11-16(13-24-21(20)18(22)12-23-24)14-4-6-15(7-5-14)19(25)9-8-17-3-2-10-27-17/h2-7,10-13H,8-9H2,1H3. The summed E-state index contributed by atoms with van der Waals surface area (Å²) < 4.78 is 12.4. The average molecular weight is 381 g/mol. The number of pyridine rings is 1. The summed E-state index contributed by atoms with van der Waals surface area (Å²) in [6.07, 6.45) is 6.11. The number of benzene rings is 1. The quantitative estimate of drug-likeness (QED) is 0.438. The Bertz CT molecular complexity index is 1080. The monoisotopic (exact) mass is 380 g/mol. The summed E-state index contributed by atoms with van der Waals surface area (Å²) in [5.74, 6) is 1.55. The Hall–Kier alpha value is -3.05.